The fourth-order valence-electron chi connectivity index (χ4n) is 2.97. The minimum Gasteiger partial charge on any atom is -0.332 e. The summed E-state index contributed by atoms with van der Waals surface area (Å²) in [6.45, 7) is 1.69. The number of carbonyl (C=O) groups is 1. The molecule has 2 aromatic carbocycles. The predicted molar refractivity (Wildman–Crippen MR) is 116 cm³/mol. The molecule has 3 aromatic rings. The Kier molecular flexibility index (Phi) is 5.65. The maximum atomic E-state index is 13.8. The van der Waals surface area contributed by atoms with E-state index in [0.717, 1.165) is 53.6 Å². The number of hydrogen-bond acceptors (Lipinski definition) is 5. The summed E-state index contributed by atoms with van der Waals surface area (Å²) in [5, 5.41) is 2.98. The third-order valence-electron chi connectivity index (χ3n) is 4.52. The zero-order chi connectivity index (χ0) is 21.3. The molecule has 1 aromatic heterocycles. The molecule has 9 heteroatoms. The van der Waals surface area contributed by atoms with Gasteiger partial charge in [0.2, 0.25) is 0 Å². The third-order valence-corrected chi connectivity index (χ3v) is 5.42. The lowest BCUT2D eigenvalue weighted by Crippen LogP contribution is -2.17. The van der Waals surface area contributed by atoms with E-state index in [-0.39, 0.29) is 10.9 Å². The van der Waals surface area contributed by atoms with Crippen LogP contribution < -0.4 is 5.32 Å². The Morgan fingerprint density at radius 3 is 2.80 bits per heavy atom. The van der Waals surface area contributed by atoms with E-state index in [4.69, 9.17) is 0 Å². The van der Waals surface area contributed by atoms with Gasteiger partial charge in [0.1, 0.15) is 11.6 Å². The van der Waals surface area contributed by atoms with Crippen LogP contribution in [-0.4, -0.2) is 46.2 Å². The highest BCUT2D eigenvalue weighted by Gasteiger charge is 2.23. The van der Waals surface area contributed by atoms with E-state index in [1.54, 1.807) is 6.08 Å². The number of halogens is 2. The Labute approximate surface area is 176 Å². The predicted octanol–water partition coefficient (Wildman–Crippen LogP) is 3.96. The van der Waals surface area contributed by atoms with Gasteiger partial charge in [-0.3, -0.25) is 4.79 Å². The Morgan fingerprint density at radius 2 is 2.03 bits per heavy atom. The molecule has 1 aliphatic heterocycles. The van der Waals surface area contributed by atoms with Gasteiger partial charge < -0.3 is 14.8 Å². The molecule has 4 rings (SSSR count). The molecule has 1 aliphatic rings. The summed E-state index contributed by atoms with van der Waals surface area (Å²) in [6.07, 6.45) is 3.55. The second-order valence-corrected chi connectivity index (χ2v) is 8.10. The fraction of sp³-hybridized carbons (Fsp3) is 0.190. The normalized spacial score (nSPS) is 15.4. The van der Waals surface area contributed by atoms with Crippen LogP contribution in [0.2, 0.25) is 0 Å². The van der Waals surface area contributed by atoms with Gasteiger partial charge in [-0.05, 0) is 61.8 Å². The quantitative estimate of drug-likeness (QED) is 0.625. The summed E-state index contributed by atoms with van der Waals surface area (Å²) in [5.41, 5.74) is 2.76. The van der Waals surface area contributed by atoms with Crippen LogP contribution in [0.4, 0.5) is 14.5 Å². The van der Waals surface area contributed by atoms with Gasteiger partial charge in [-0.2, -0.15) is 4.99 Å². The highest BCUT2D eigenvalue weighted by Crippen LogP contribution is 2.30. The number of rotatable bonds is 5. The average molecular weight is 427 g/mol. The van der Waals surface area contributed by atoms with E-state index in [1.165, 1.54) is 6.07 Å². The second-order valence-electron chi connectivity index (χ2n) is 7.07. The summed E-state index contributed by atoms with van der Waals surface area (Å²) in [7, 11) is 4.03. The van der Waals surface area contributed by atoms with Crippen molar-refractivity contribution < 1.29 is 13.6 Å². The molecule has 0 unspecified atom stereocenters. The van der Waals surface area contributed by atoms with Crippen LogP contribution in [0.1, 0.15) is 5.56 Å². The van der Waals surface area contributed by atoms with Crippen LogP contribution in [0.5, 0.6) is 0 Å². The van der Waals surface area contributed by atoms with Crippen molar-refractivity contribution in [2.75, 3.05) is 26.0 Å². The first-order valence-electron chi connectivity index (χ1n) is 9.23. The second kappa shape index (κ2) is 8.37. The van der Waals surface area contributed by atoms with Crippen molar-refractivity contribution in [3.05, 3.63) is 64.8 Å². The van der Waals surface area contributed by atoms with Crippen LogP contribution in [-0.2, 0) is 11.3 Å². The zero-order valence-electron chi connectivity index (χ0n) is 16.4. The van der Waals surface area contributed by atoms with Crippen LogP contribution in [0.15, 0.2) is 52.6 Å². The third kappa shape index (κ3) is 4.42. The van der Waals surface area contributed by atoms with Crippen molar-refractivity contribution in [3.63, 3.8) is 0 Å². The molecule has 0 fully saturated rings. The van der Waals surface area contributed by atoms with Crippen molar-refractivity contribution in [1.29, 1.82) is 0 Å². The lowest BCUT2D eigenvalue weighted by Gasteiger charge is -2.10. The summed E-state index contributed by atoms with van der Waals surface area (Å²) < 4.78 is 29.0. The molecule has 2 heterocycles. The first kappa shape index (κ1) is 20.2. The summed E-state index contributed by atoms with van der Waals surface area (Å²) >= 11 is 1.11. The Bertz CT molecular complexity index is 1190. The number of nitrogens with zero attached hydrogens (tertiary/aromatic N) is 4. The molecule has 0 saturated heterocycles. The molecular formula is C21H19F2N5OS. The monoisotopic (exact) mass is 427 g/mol. The van der Waals surface area contributed by atoms with E-state index >= 15 is 0 Å². The molecule has 0 bridgehead atoms. The number of benzene rings is 2. The Morgan fingerprint density at radius 1 is 1.20 bits per heavy atom. The van der Waals surface area contributed by atoms with Crippen LogP contribution in [0.3, 0.4) is 0 Å². The number of likely N-dealkylation sites (N-methyl/N-ethyl adjacent to an activating group) is 1. The molecule has 154 valence electrons. The zero-order valence-corrected chi connectivity index (χ0v) is 17.2. The number of thioether (sulfide) groups is 1. The standard InChI is InChI=1S/C21H19F2N5OS/c1-27(2)7-8-28-12-24-17-5-3-13(9-18(17)28)10-19-20(29)26-21(30-19)25-16-6-4-14(22)11-15(16)23/h3-6,9-12H,7-8H2,1-2H3,(H,25,26,29). The maximum absolute atomic E-state index is 13.8. The number of carbonyl (C=O) groups excluding carboxylic acids is 1. The van der Waals surface area contributed by atoms with Crippen molar-refractivity contribution in [3.8, 4) is 0 Å². The van der Waals surface area contributed by atoms with Gasteiger partial charge in [0.25, 0.3) is 5.91 Å². The number of nitrogens with one attached hydrogen (secondary N) is 1. The molecule has 0 radical (unpaired) electrons. The number of aliphatic imine (C=N–C) groups is 1. The Balaban J connectivity index is 1.53. The number of amidine groups is 1. The number of imidazole rings is 1. The molecule has 0 atom stereocenters. The Hall–Kier alpha value is -3.04. The number of fused-ring (bicyclic) bond motifs is 1. The highest BCUT2D eigenvalue weighted by atomic mass is 32.2. The lowest BCUT2D eigenvalue weighted by molar-refractivity contribution is -0.113. The lowest BCUT2D eigenvalue weighted by atomic mass is 10.2. The van der Waals surface area contributed by atoms with Gasteiger partial charge in [0, 0.05) is 19.2 Å². The van der Waals surface area contributed by atoms with Crippen molar-refractivity contribution in [2.24, 2.45) is 4.99 Å². The van der Waals surface area contributed by atoms with E-state index in [0.29, 0.717) is 4.91 Å². The van der Waals surface area contributed by atoms with Gasteiger partial charge in [0.15, 0.2) is 5.17 Å². The van der Waals surface area contributed by atoms with Gasteiger partial charge in [0.05, 0.1) is 28.0 Å². The van der Waals surface area contributed by atoms with E-state index in [9.17, 15) is 13.6 Å². The number of anilines is 1. The number of aromatic nitrogens is 2. The van der Waals surface area contributed by atoms with Gasteiger partial charge >= 0.3 is 0 Å². The minimum absolute atomic E-state index is 0.0583. The molecule has 1 N–H and O–H groups in total. The molecule has 30 heavy (non-hydrogen) atoms. The first-order chi connectivity index (χ1) is 14.4. The van der Waals surface area contributed by atoms with E-state index in [1.807, 2.05) is 38.6 Å². The molecule has 0 aliphatic carbocycles. The fourth-order valence-corrected chi connectivity index (χ4v) is 3.80. The summed E-state index contributed by atoms with van der Waals surface area (Å²) in [5.74, 6) is -1.83. The molecular weight excluding hydrogens is 408 g/mol. The molecule has 0 spiro atoms. The van der Waals surface area contributed by atoms with Crippen molar-refractivity contribution in [2.45, 2.75) is 6.54 Å². The summed E-state index contributed by atoms with van der Waals surface area (Å²) in [4.78, 5) is 23.1. The number of hydrogen-bond donors (Lipinski definition) is 1. The topological polar surface area (TPSA) is 62.5 Å². The van der Waals surface area contributed by atoms with E-state index in [2.05, 4.69) is 24.8 Å². The SMILES string of the molecule is CN(C)CCn1cnc2ccc(C=C3SC(Nc4ccc(F)cc4F)=NC3=O)cc21. The van der Waals surface area contributed by atoms with Crippen molar-refractivity contribution >= 4 is 45.6 Å². The van der Waals surface area contributed by atoms with Crippen LogP contribution in [0.25, 0.3) is 17.1 Å². The molecule has 6 nitrogen and oxygen atoms in total. The minimum atomic E-state index is -0.750. The maximum Gasteiger partial charge on any atom is 0.286 e. The molecule has 1 amide bonds. The highest BCUT2D eigenvalue weighted by molar-refractivity contribution is 8.18. The van der Waals surface area contributed by atoms with Gasteiger partial charge in [-0.1, -0.05) is 6.07 Å². The smallest absolute Gasteiger partial charge is 0.286 e. The van der Waals surface area contributed by atoms with E-state index < -0.39 is 17.5 Å². The summed E-state index contributed by atoms with van der Waals surface area (Å²) in [6, 6.07) is 8.95. The molecule has 0 saturated carbocycles. The average Bonchev–Trinajstić information content (AvgIpc) is 3.25. The number of amides is 1. The van der Waals surface area contributed by atoms with Crippen LogP contribution in [0, 0.1) is 11.6 Å². The van der Waals surface area contributed by atoms with Gasteiger partial charge in [-0.15, -0.1) is 0 Å². The first-order valence-corrected chi connectivity index (χ1v) is 10.0. The van der Waals surface area contributed by atoms with Crippen LogP contribution >= 0.6 is 11.8 Å². The van der Waals surface area contributed by atoms with Crippen molar-refractivity contribution in [1.82, 2.24) is 14.5 Å². The largest absolute Gasteiger partial charge is 0.332 e. The van der Waals surface area contributed by atoms with Gasteiger partial charge in [-0.25, -0.2) is 13.8 Å².